The van der Waals surface area contributed by atoms with Crippen molar-refractivity contribution in [2.45, 2.75) is 368 Å². The molecule has 0 saturated heterocycles. The van der Waals surface area contributed by atoms with Gasteiger partial charge in [0.05, 0.1) is 26.4 Å². The number of phosphoric acid groups is 2. The number of hydrogen-bond donors (Lipinski definition) is 3. The number of hydrogen-bond acceptors (Lipinski definition) is 15. The van der Waals surface area contributed by atoms with E-state index in [1.165, 1.54) is 161 Å². The highest BCUT2D eigenvalue weighted by atomic mass is 31.2. The summed E-state index contributed by atoms with van der Waals surface area (Å²) in [5, 5.41) is 10.6. The van der Waals surface area contributed by atoms with Crippen LogP contribution in [-0.4, -0.2) is 96.7 Å². The first-order valence-electron chi connectivity index (χ1n) is 36.0. The molecule has 0 aliphatic rings. The highest BCUT2D eigenvalue weighted by molar-refractivity contribution is 7.47. The third-order valence-electron chi connectivity index (χ3n) is 16.3. The summed E-state index contributed by atoms with van der Waals surface area (Å²) in [4.78, 5) is 72.4. The first kappa shape index (κ1) is 86.1. The molecule has 0 aliphatic carbocycles. The third kappa shape index (κ3) is 61.6. The van der Waals surface area contributed by atoms with Gasteiger partial charge in [0.15, 0.2) is 12.2 Å². The molecule has 0 aromatic carbocycles. The summed E-state index contributed by atoms with van der Waals surface area (Å²) in [5.41, 5.74) is 0. The van der Waals surface area contributed by atoms with Gasteiger partial charge in [0.1, 0.15) is 19.3 Å². The van der Waals surface area contributed by atoms with Crippen LogP contribution in [0.5, 0.6) is 0 Å². The predicted octanol–water partition coefficient (Wildman–Crippen LogP) is 19.6. The second-order valence-corrected chi connectivity index (χ2v) is 28.5. The molecule has 3 unspecified atom stereocenters. The number of phosphoric ester groups is 2. The van der Waals surface area contributed by atoms with E-state index in [0.29, 0.717) is 31.6 Å². The van der Waals surface area contributed by atoms with Crippen LogP contribution in [0.2, 0.25) is 0 Å². The molecule has 0 fully saturated rings. The van der Waals surface area contributed by atoms with Crippen molar-refractivity contribution in [1.29, 1.82) is 0 Å². The Morgan fingerprint density at radius 2 is 0.580 bits per heavy atom. The van der Waals surface area contributed by atoms with E-state index in [4.69, 9.17) is 37.0 Å². The SMILES string of the molecule is CCCCCCCCCCCCCCCCCCCC(=O)O[C@H](COC(=O)CCCCCCCCCCCCC(C)CC)COP(=O)(O)OC[C@@H](O)COP(=O)(O)OC[C@@H](COC(=O)CCCCCCCCCC)OC(=O)CCCCCCCCC(C)C. The molecule has 6 atom stereocenters. The Morgan fingerprint density at radius 1 is 0.330 bits per heavy atom. The van der Waals surface area contributed by atoms with Gasteiger partial charge in [-0.05, 0) is 37.5 Å². The van der Waals surface area contributed by atoms with Gasteiger partial charge in [-0.2, -0.15) is 0 Å². The molecule has 19 heteroatoms. The number of carbonyl (C=O) groups excluding carboxylic acids is 4. The van der Waals surface area contributed by atoms with Crippen molar-refractivity contribution in [1.82, 2.24) is 0 Å². The third-order valence-corrected chi connectivity index (χ3v) is 18.2. The molecule has 0 radical (unpaired) electrons. The van der Waals surface area contributed by atoms with Crippen molar-refractivity contribution in [3.05, 3.63) is 0 Å². The minimum Gasteiger partial charge on any atom is -0.462 e. The van der Waals surface area contributed by atoms with Crippen LogP contribution in [0, 0.1) is 11.8 Å². The van der Waals surface area contributed by atoms with Crippen LogP contribution in [-0.2, 0) is 65.4 Å². The molecule has 0 rings (SSSR count). The van der Waals surface area contributed by atoms with Gasteiger partial charge in [-0.1, -0.05) is 298 Å². The fraction of sp³-hybridized carbons (Fsp3) is 0.942. The van der Waals surface area contributed by atoms with Gasteiger partial charge >= 0.3 is 39.5 Å². The van der Waals surface area contributed by atoms with E-state index in [2.05, 4.69) is 41.5 Å². The summed E-state index contributed by atoms with van der Waals surface area (Å²) in [6.45, 7) is 9.45. The molecule has 0 aliphatic heterocycles. The van der Waals surface area contributed by atoms with Gasteiger partial charge in [-0.3, -0.25) is 37.3 Å². The Balaban J connectivity index is 5.21. The second-order valence-electron chi connectivity index (χ2n) is 25.6. The van der Waals surface area contributed by atoms with Crippen molar-refractivity contribution in [2.75, 3.05) is 39.6 Å². The summed E-state index contributed by atoms with van der Waals surface area (Å²) in [7, 11) is -9.89. The van der Waals surface area contributed by atoms with Crippen LogP contribution in [0.4, 0.5) is 0 Å². The van der Waals surface area contributed by atoms with Crippen LogP contribution < -0.4 is 0 Å². The number of aliphatic hydroxyl groups is 1. The minimum absolute atomic E-state index is 0.102. The molecule has 0 aromatic rings. The largest absolute Gasteiger partial charge is 0.472 e. The Bertz CT molecular complexity index is 1720. The molecule has 0 bridgehead atoms. The van der Waals surface area contributed by atoms with E-state index < -0.39 is 97.5 Å². The molecule has 0 heterocycles. The first-order valence-corrected chi connectivity index (χ1v) is 39.0. The number of rotatable bonds is 68. The molecule has 3 N–H and O–H groups in total. The predicted molar refractivity (Wildman–Crippen MR) is 354 cm³/mol. The normalized spacial score (nSPS) is 14.5. The van der Waals surface area contributed by atoms with Crippen LogP contribution in [0.15, 0.2) is 0 Å². The van der Waals surface area contributed by atoms with Crippen molar-refractivity contribution < 1.29 is 80.2 Å². The van der Waals surface area contributed by atoms with E-state index in [0.717, 1.165) is 102 Å². The zero-order valence-electron chi connectivity index (χ0n) is 57.0. The molecule has 0 aromatic heterocycles. The van der Waals surface area contributed by atoms with Crippen molar-refractivity contribution in [3.8, 4) is 0 Å². The van der Waals surface area contributed by atoms with E-state index in [9.17, 15) is 43.2 Å². The smallest absolute Gasteiger partial charge is 0.462 e. The summed E-state index contributed by atoms with van der Waals surface area (Å²) >= 11 is 0. The van der Waals surface area contributed by atoms with E-state index in [-0.39, 0.29) is 25.7 Å². The lowest BCUT2D eigenvalue weighted by Crippen LogP contribution is -2.30. The van der Waals surface area contributed by atoms with E-state index >= 15 is 0 Å². The standard InChI is InChI=1S/C69H134O17P2/c1-7-10-12-14-16-18-19-20-21-22-23-24-25-30-34-41-47-53-68(73)85-64(57-80-67(72)52-46-40-33-29-27-26-28-31-38-44-50-62(6)9-3)59-83-87(75,76)81-55-63(70)56-82-88(77,78)84-60-65(58-79-66(71)51-45-39-32-17-15-13-11-8-2)86-69(74)54-48-42-36-35-37-43-49-61(4)5/h61-65,70H,7-60H2,1-6H3,(H,75,76)(H,77,78)/t62?,63-,64-,65-/m1/s1. The summed E-state index contributed by atoms with van der Waals surface area (Å²) in [6.07, 6.45) is 46.0. The van der Waals surface area contributed by atoms with Crippen LogP contribution >= 0.6 is 15.6 Å². The Labute approximate surface area is 537 Å². The van der Waals surface area contributed by atoms with Crippen molar-refractivity contribution >= 4 is 39.5 Å². The maximum atomic E-state index is 13.0. The fourth-order valence-electron chi connectivity index (χ4n) is 10.4. The Hall–Kier alpha value is -1.94. The van der Waals surface area contributed by atoms with Gasteiger partial charge < -0.3 is 33.8 Å². The Morgan fingerprint density at radius 3 is 0.864 bits per heavy atom. The molecule has 88 heavy (non-hydrogen) atoms. The van der Waals surface area contributed by atoms with E-state index in [1.54, 1.807) is 0 Å². The molecular formula is C69H134O17P2. The second kappa shape index (κ2) is 61.3. The summed E-state index contributed by atoms with van der Waals surface area (Å²) in [6, 6.07) is 0. The van der Waals surface area contributed by atoms with Gasteiger partial charge in [0, 0.05) is 25.7 Å². The minimum atomic E-state index is -4.95. The van der Waals surface area contributed by atoms with Crippen LogP contribution in [0.1, 0.15) is 350 Å². The lowest BCUT2D eigenvalue weighted by Gasteiger charge is -2.21. The number of carbonyl (C=O) groups is 4. The zero-order valence-corrected chi connectivity index (χ0v) is 58.8. The monoisotopic (exact) mass is 1300 g/mol. The van der Waals surface area contributed by atoms with Gasteiger partial charge in [0.25, 0.3) is 0 Å². The summed E-state index contributed by atoms with van der Waals surface area (Å²) < 4.78 is 68.1. The maximum absolute atomic E-state index is 13.0. The van der Waals surface area contributed by atoms with Crippen molar-refractivity contribution in [2.24, 2.45) is 11.8 Å². The van der Waals surface area contributed by atoms with Gasteiger partial charge in [0.2, 0.25) is 0 Å². The molecule has 0 amide bonds. The highest BCUT2D eigenvalue weighted by Gasteiger charge is 2.30. The topological polar surface area (TPSA) is 237 Å². The van der Waals surface area contributed by atoms with Crippen LogP contribution in [0.25, 0.3) is 0 Å². The highest BCUT2D eigenvalue weighted by Crippen LogP contribution is 2.45. The molecule has 0 spiro atoms. The maximum Gasteiger partial charge on any atom is 0.472 e. The van der Waals surface area contributed by atoms with Gasteiger partial charge in [-0.15, -0.1) is 0 Å². The molecule has 17 nitrogen and oxygen atoms in total. The molecule has 0 saturated carbocycles. The average Bonchev–Trinajstić information content (AvgIpc) is 3.59. The average molecular weight is 1300 g/mol. The van der Waals surface area contributed by atoms with Crippen LogP contribution in [0.3, 0.4) is 0 Å². The zero-order chi connectivity index (χ0) is 65.0. The molecular weight excluding hydrogens is 1160 g/mol. The Kier molecular flexibility index (Phi) is 59.9. The lowest BCUT2D eigenvalue weighted by molar-refractivity contribution is -0.161. The lowest BCUT2D eigenvalue weighted by atomic mass is 9.99. The number of unbranched alkanes of at least 4 members (excludes halogenated alkanes) is 37. The van der Waals surface area contributed by atoms with Crippen molar-refractivity contribution in [3.63, 3.8) is 0 Å². The number of aliphatic hydroxyl groups excluding tert-OH is 1. The number of esters is 4. The number of ether oxygens (including phenoxy) is 4. The quantitative estimate of drug-likeness (QED) is 0.0222. The first-order chi connectivity index (χ1) is 42.4. The summed E-state index contributed by atoms with van der Waals surface area (Å²) in [5.74, 6) is -0.653. The van der Waals surface area contributed by atoms with Gasteiger partial charge in [-0.25, -0.2) is 9.13 Å². The fourth-order valence-corrected chi connectivity index (χ4v) is 12.0. The van der Waals surface area contributed by atoms with E-state index in [1.807, 2.05) is 0 Å². The molecule has 522 valence electrons.